The molecule has 2 aromatic rings. The molecule has 1 aromatic heterocycles. The Bertz CT molecular complexity index is 599. The molecule has 112 valence electrons. The summed E-state index contributed by atoms with van der Waals surface area (Å²) in [5.41, 5.74) is 7.67. The quantitative estimate of drug-likeness (QED) is 0.862. The van der Waals surface area contributed by atoms with Crippen molar-refractivity contribution in [1.29, 1.82) is 0 Å². The van der Waals surface area contributed by atoms with E-state index in [9.17, 15) is 0 Å². The third-order valence-electron chi connectivity index (χ3n) is 3.77. The predicted molar refractivity (Wildman–Crippen MR) is 78.8 cm³/mol. The second-order valence-corrected chi connectivity index (χ2v) is 5.17. The fraction of sp³-hybridized carbons (Fsp3) is 0.467. The van der Waals surface area contributed by atoms with E-state index >= 15 is 0 Å². The van der Waals surface area contributed by atoms with Crippen molar-refractivity contribution >= 4 is 5.69 Å². The first-order valence-electron chi connectivity index (χ1n) is 7.26. The van der Waals surface area contributed by atoms with Crippen LogP contribution < -0.4 is 5.73 Å². The SMILES string of the molecule is CCN1CCOC(c2noc(Cc3ccccc3N)n2)C1. The number of anilines is 1. The van der Waals surface area contributed by atoms with Gasteiger partial charge in [0.15, 0.2) is 0 Å². The summed E-state index contributed by atoms with van der Waals surface area (Å²) in [6, 6.07) is 7.70. The Kier molecular flexibility index (Phi) is 4.17. The Hall–Kier alpha value is -1.92. The molecule has 3 rings (SSSR count). The van der Waals surface area contributed by atoms with Crippen molar-refractivity contribution in [1.82, 2.24) is 15.0 Å². The topological polar surface area (TPSA) is 77.4 Å². The Labute approximate surface area is 123 Å². The van der Waals surface area contributed by atoms with E-state index in [1.165, 1.54) is 0 Å². The molecule has 1 unspecified atom stereocenters. The number of morpholine rings is 1. The number of likely N-dealkylation sites (N-methyl/N-ethyl adjacent to an activating group) is 1. The van der Waals surface area contributed by atoms with Gasteiger partial charge in [-0.15, -0.1) is 0 Å². The number of nitrogens with two attached hydrogens (primary N) is 1. The molecule has 1 aromatic carbocycles. The fourth-order valence-corrected chi connectivity index (χ4v) is 2.47. The Morgan fingerprint density at radius 1 is 1.38 bits per heavy atom. The number of nitrogen functional groups attached to an aromatic ring is 1. The summed E-state index contributed by atoms with van der Waals surface area (Å²) in [5.74, 6) is 1.19. The zero-order chi connectivity index (χ0) is 14.7. The van der Waals surface area contributed by atoms with Crippen molar-refractivity contribution in [3.8, 4) is 0 Å². The maximum absolute atomic E-state index is 5.93. The van der Waals surface area contributed by atoms with E-state index < -0.39 is 0 Å². The largest absolute Gasteiger partial charge is 0.398 e. The molecule has 6 heteroatoms. The van der Waals surface area contributed by atoms with Crippen molar-refractivity contribution in [2.45, 2.75) is 19.4 Å². The Balaban J connectivity index is 1.70. The molecule has 1 aliphatic heterocycles. The molecular formula is C15H20N4O2. The molecule has 21 heavy (non-hydrogen) atoms. The van der Waals surface area contributed by atoms with Crippen LogP contribution in [0.5, 0.6) is 0 Å². The van der Waals surface area contributed by atoms with Gasteiger partial charge in [-0.1, -0.05) is 30.3 Å². The predicted octanol–water partition coefficient (Wildman–Crippen LogP) is 1.64. The van der Waals surface area contributed by atoms with E-state index in [1.807, 2.05) is 24.3 Å². The standard InChI is InChI=1S/C15H20N4O2/c1-2-19-7-8-20-13(10-19)15-17-14(21-18-15)9-11-5-3-4-6-12(11)16/h3-6,13H,2,7-10,16H2,1H3. The van der Waals surface area contributed by atoms with Gasteiger partial charge in [0.05, 0.1) is 13.0 Å². The van der Waals surface area contributed by atoms with Gasteiger partial charge in [-0.25, -0.2) is 0 Å². The second kappa shape index (κ2) is 6.24. The van der Waals surface area contributed by atoms with E-state index in [0.717, 1.165) is 30.9 Å². The second-order valence-electron chi connectivity index (χ2n) is 5.17. The molecule has 1 aliphatic rings. The normalized spacial score (nSPS) is 19.8. The number of nitrogens with zero attached hydrogens (tertiary/aromatic N) is 3. The molecule has 0 radical (unpaired) electrons. The van der Waals surface area contributed by atoms with E-state index in [4.69, 9.17) is 15.0 Å². The average molecular weight is 288 g/mol. The highest BCUT2D eigenvalue weighted by Gasteiger charge is 2.25. The minimum absolute atomic E-state index is 0.107. The van der Waals surface area contributed by atoms with Crippen LogP contribution >= 0.6 is 0 Å². The van der Waals surface area contributed by atoms with Crippen LogP contribution in [0.2, 0.25) is 0 Å². The van der Waals surface area contributed by atoms with E-state index in [2.05, 4.69) is 22.0 Å². The third-order valence-corrected chi connectivity index (χ3v) is 3.77. The van der Waals surface area contributed by atoms with Crippen LogP contribution in [0.15, 0.2) is 28.8 Å². The fourth-order valence-electron chi connectivity index (χ4n) is 2.47. The van der Waals surface area contributed by atoms with Crippen molar-refractivity contribution in [2.24, 2.45) is 0 Å². The molecule has 1 saturated heterocycles. The van der Waals surface area contributed by atoms with E-state index in [1.54, 1.807) is 0 Å². The lowest BCUT2D eigenvalue weighted by atomic mass is 10.1. The first-order chi connectivity index (χ1) is 10.3. The van der Waals surface area contributed by atoms with Gasteiger partial charge in [0.2, 0.25) is 11.7 Å². The minimum atomic E-state index is -0.107. The molecule has 1 fully saturated rings. The van der Waals surface area contributed by atoms with Gasteiger partial charge in [0.1, 0.15) is 6.10 Å². The first-order valence-corrected chi connectivity index (χ1v) is 7.26. The lowest BCUT2D eigenvalue weighted by Crippen LogP contribution is -2.38. The minimum Gasteiger partial charge on any atom is -0.398 e. The molecule has 2 N–H and O–H groups in total. The summed E-state index contributed by atoms with van der Waals surface area (Å²) in [5, 5.41) is 4.06. The van der Waals surface area contributed by atoms with Crippen LogP contribution in [-0.2, 0) is 11.2 Å². The third kappa shape index (κ3) is 3.22. The number of para-hydroxylation sites is 1. The Morgan fingerprint density at radius 3 is 3.05 bits per heavy atom. The van der Waals surface area contributed by atoms with Gasteiger partial charge >= 0.3 is 0 Å². The number of hydrogen-bond acceptors (Lipinski definition) is 6. The molecule has 0 aliphatic carbocycles. The molecule has 0 amide bonds. The summed E-state index contributed by atoms with van der Waals surface area (Å²) < 4.78 is 11.1. The number of aromatic nitrogens is 2. The lowest BCUT2D eigenvalue weighted by molar-refractivity contribution is -0.0334. The zero-order valence-corrected chi connectivity index (χ0v) is 12.2. The van der Waals surface area contributed by atoms with E-state index in [-0.39, 0.29) is 6.10 Å². The van der Waals surface area contributed by atoms with Crippen LogP contribution in [0, 0.1) is 0 Å². The highest BCUT2D eigenvalue weighted by Crippen LogP contribution is 2.21. The van der Waals surface area contributed by atoms with Crippen LogP contribution in [0.1, 0.15) is 30.3 Å². The van der Waals surface area contributed by atoms with Crippen LogP contribution in [-0.4, -0.2) is 41.3 Å². The summed E-state index contributed by atoms with van der Waals surface area (Å²) >= 11 is 0. The summed E-state index contributed by atoms with van der Waals surface area (Å²) in [6.45, 7) is 5.61. The molecule has 0 saturated carbocycles. The number of rotatable bonds is 4. The molecule has 6 nitrogen and oxygen atoms in total. The van der Waals surface area contributed by atoms with Crippen LogP contribution in [0.4, 0.5) is 5.69 Å². The molecule has 2 heterocycles. The van der Waals surface area contributed by atoms with Crippen LogP contribution in [0.3, 0.4) is 0 Å². The summed E-state index contributed by atoms with van der Waals surface area (Å²) in [7, 11) is 0. The number of hydrogen-bond donors (Lipinski definition) is 1. The zero-order valence-electron chi connectivity index (χ0n) is 12.2. The van der Waals surface area contributed by atoms with Gasteiger partial charge in [0, 0.05) is 18.8 Å². The lowest BCUT2D eigenvalue weighted by Gasteiger charge is -2.30. The van der Waals surface area contributed by atoms with Gasteiger partial charge in [-0.2, -0.15) is 4.98 Å². The summed E-state index contributed by atoms with van der Waals surface area (Å²) in [4.78, 5) is 6.77. The maximum Gasteiger partial charge on any atom is 0.231 e. The van der Waals surface area contributed by atoms with Crippen molar-refractivity contribution in [2.75, 3.05) is 32.0 Å². The molecular weight excluding hydrogens is 268 g/mol. The van der Waals surface area contributed by atoms with Gasteiger partial charge < -0.3 is 15.0 Å². The van der Waals surface area contributed by atoms with Crippen LogP contribution in [0.25, 0.3) is 0 Å². The van der Waals surface area contributed by atoms with Gasteiger partial charge in [-0.3, -0.25) is 4.90 Å². The number of ether oxygens (including phenoxy) is 1. The highest BCUT2D eigenvalue weighted by molar-refractivity contribution is 5.47. The summed E-state index contributed by atoms with van der Waals surface area (Å²) in [6.07, 6.45) is 0.438. The first kappa shape index (κ1) is 14.0. The van der Waals surface area contributed by atoms with E-state index in [0.29, 0.717) is 24.7 Å². The Morgan fingerprint density at radius 2 is 2.24 bits per heavy atom. The van der Waals surface area contributed by atoms with Gasteiger partial charge in [0.25, 0.3) is 0 Å². The maximum atomic E-state index is 5.93. The van der Waals surface area contributed by atoms with Gasteiger partial charge in [-0.05, 0) is 18.2 Å². The smallest absolute Gasteiger partial charge is 0.231 e. The van der Waals surface area contributed by atoms with Crippen molar-refractivity contribution in [3.63, 3.8) is 0 Å². The monoisotopic (exact) mass is 288 g/mol. The highest BCUT2D eigenvalue weighted by atomic mass is 16.5. The van der Waals surface area contributed by atoms with Crippen molar-refractivity contribution in [3.05, 3.63) is 41.5 Å². The molecule has 1 atom stereocenters. The average Bonchev–Trinajstić information content (AvgIpc) is 2.98. The molecule has 0 bridgehead atoms. The number of benzene rings is 1. The van der Waals surface area contributed by atoms with Crippen molar-refractivity contribution < 1.29 is 9.26 Å². The molecule has 0 spiro atoms.